The van der Waals surface area contributed by atoms with Gasteiger partial charge in [0.05, 0.1) is 16.1 Å². The van der Waals surface area contributed by atoms with Gasteiger partial charge in [-0.15, -0.1) is 11.3 Å². The number of rotatable bonds is 3. The monoisotopic (exact) mass is 239 g/mol. The molecule has 1 aromatic heterocycles. The van der Waals surface area contributed by atoms with E-state index in [1.54, 1.807) is 12.1 Å². The molecule has 0 amide bonds. The molecule has 0 aliphatic heterocycles. The van der Waals surface area contributed by atoms with E-state index in [1.165, 1.54) is 17.6 Å². The van der Waals surface area contributed by atoms with Gasteiger partial charge in [0.25, 0.3) is 0 Å². The van der Waals surface area contributed by atoms with Crippen molar-refractivity contribution in [3.05, 3.63) is 21.3 Å². The van der Waals surface area contributed by atoms with Crippen LogP contribution in [-0.4, -0.2) is 20.4 Å². The molecular weight excluding hydrogens is 230 g/mol. The van der Waals surface area contributed by atoms with Gasteiger partial charge in [-0.2, -0.15) is 0 Å². The van der Waals surface area contributed by atoms with Crippen LogP contribution >= 0.6 is 22.9 Å². The van der Waals surface area contributed by atoms with Gasteiger partial charge in [0, 0.05) is 11.1 Å². The first-order chi connectivity index (χ1) is 5.88. The minimum atomic E-state index is -3.02. The largest absolute Gasteiger partial charge is 0.322 e. The van der Waals surface area contributed by atoms with Gasteiger partial charge in [0.15, 0.2) is 0 Å². The van der Waals surface area contributed by atoms with Crippen molar-refractivity contribution in [2.24, 2.45) is 5.73 Å². The Balaban J connectivity index is 2.75. The Labute approximate surface area is 86.4 Å². The summed E-state index contributed by atoms with van der Waals surface area (Å²) in [5.41, 5.74) is 5.67. The van der Waals surface area contributed by atoms with Crippen LogP contribution in [0.3, 0.4) is 0 Å². The van der Waals surface area contributed by atoms with Crippen LogP contribution in [0.4, 0.5) is 0 Å². The molecule has 0 saturated carbocycles. The Hall–Kier alpha value is -0.100. The van der Waals surface area contributed by atoms with E-state index in [0.29, 0.717) is 4.34 Å². The second-order valence-corrected chi connectivity index (χ2v) is 6.77. The Morgan fingerprint density at radius 2 is 2.23 bits per heavy atom. The highest BCUT2D eigenvalue weighted by atomic mass is 35.5. The van der Waals surface area contributed by atoms with E-state index in [2.05, 4.69) is 0 Å². The molecular formula is C7H10ClNO2S2. The molecule has 0 radical (unpaired) electrons. The van der Waals surface area contributed by atoms with Gasteiger partial charge in [0.2, 0.25) is 0 Å². The van der Waals surface area contributed by atoms with Crippen molar-refractivity contribution >= 4 is 32.8 Å². The average molecular weight is 240 g/mol. The minimum absolute atomic E-state index is 0.0379. The molecule has 13 heavy (non-hydrogen) atoms. The van der Waals surface area contributed by atoms with Crippen molar-refractivity contribution in [2.45, 2.75) is 6.04 Å². The van der Waals surface area contributed by atoms with Gasteiger partial charge in [-0.1, -0.05) is 11.6 Å². The van der Waals surface area contributed by atoms with E-state index < -0.39 is 15.9 Å². The Morgan fingerprint density at radius 3 is 2.62 bits per heavy atom. The molecule has 0 fully saturated rings. The molecule has 0 bridgehead atoms. The van der Waals surface area contributed by atoms with Crippen LogP contribution in [0, 0.1) is 0 Å². The summed E-state index contributed by atoms with van der Waals surface area (Å²) in [6.45, 7) is 0. The highest BCUT2D eigenvalue weighted by Gasteiger charge is 2.14. The highest BCUT2D eigenvalue weighted by Crippen LogP contribution is 2.26. The summed E-state index contributed by atoms with van der Waals surface area (Å²) in [4.78, 5) is 0.801. The van der Waals surface area contributed by atoms with Crippen LogP contribution in [0.1, 0.15) is 10.9 Å². The fourth-order valence-corrected chi connectivity index (χ4v) is 2.94. The Bertz CT molecular complexity index is 385. The number of hydrogen-bond acceptors (Lipinski definition) is 4. The number of thiophene rings is 1. The van der Waals surface area contributed by atoms with E-state index in [4.69, 9.17) is 17.3 Å². The van der Waals surface area contributed by atoms with Gasteiger partial charge >= 0.3 is 0 Å². The van der Waals surface area contributed by atoms with Gasteiger partial charge in [0.1, 0.15) is 9.84 Å². The minimum Gasteiger partial charge on any atom is -0.322 e. The molecule has 6 heteroatoms. The molecule has 74 valence electrons. The molecule has 0 aromatic carbocycles. The van der Waals surface area contributed by atoms with Crippen LogP contribution in [0.25, 0.3) is 0 Å². The van der Waals surface area contributed by atoms with E-state index in [1.807, 2.05) is 0 Å². The molecule has 1 rings (SSSR count). The smallest absolute Gasteiger partial charge is 0.149 e. The summed E-state index contributed by atoms with van der Waals surface area (Å²) >= 11 is 7.00. The zero-order chi connectivity index (χ0) is 10.1. The second kappa shape index (κ2) is 3.96. The molecule has 0 saturated heterocycles. The van der Waals surface area contributed by atoms with Gasteiger partial charge in [-0.25, -0.2) is 8.42 Å². The van der Waals surface area contributed by atoms with Crippen LogP contribution in [0.15, 0.2) is 12.1 Å². The van der Waals surface area contributed by atoms with E-state index in [0.717, 1.165) is 4.88 Å². The molecule has 0 aliphatic rings. The molecule has 3 nitrogen and oxygen atoms in total. The lowest BCUT2D eigenvalue weighted by atomic mass is 10.3. The second-order valence-electron chi connectivity index (χ2n) is 2.84. The molecule has 1 aromatic rings. The first-order valence-corrected chi connectivity index (χ1v) is 6.82. The topological polar surface area (TPSA) is 60.2 Å². The molecule has 0 spiro atoms. The van der Waals surface area contributed by atoms with Crippen LogP contribution in [0.2, 0.25) is 4.34 Å². The van der Waals surface area contributed by atoms with Crippen molar-refractivity contribution in [3.63, 3.8) is 0 Å². The van der Waals surface area contributed by atoms with Gasteiger partial charge in [-0.05, 0) is 12.1 Å². The van der Waals surface area contributed by atoms with Crippen molar-refractivity contribution in [1.29, 1.82) is 0 Å². The summed E-state index contributed by atoms with van der Waals surface area (Å²) in [7, 11) is -3.02. The molecule has 2 N–H and O–H groups in total. The SMILES string of the molecule is CS(=O)(=O)CC(N)c1ccc(Cl)s1. The third-order valence-corrected chi connectivity index (χ3v) is 3.77. The quantitative estimate of drug-likeness (QED) is 0.869. The normalized spacial score (nSPS) is 14.4. The maximum Gasteiger partial charge on any atom is 0.149 e. The van der Waals surface area contributed by atoms with Crippen LogP contribution in [-0.2, 0) is 9.84 Å². The molecule has 1 unspecified atom stereocenters. The van der Waals surface area contributed by atoms with E-state index in [-0.39, 0.29) is 5.75 Å². The fraction of sp³-hybridized carbons (Fsp3) is 0.429. The third-order valence-electron chi connectivity index (χ3n) is 1.44. The standard InChI is InChI=1S/C7H10ClNO2S2/c1-13(10,11)4-5(9)6-2-3-7(8)12-6/h2-3,5H,4,9H2,1H3. The maximum absolute atomic E-state index is 10.9. The predicted octanol–water partition coefficient (Wildman–Crippen LogP) is 1.45. The van der Waals surface area contributed by atoms with E-state index in [9.17, 15) is 8.42 Å². The van der Waals surface area contributed by atoms with Crippen molar-refractivity contribution in [1.82, 2.24) is 0 Å². The average Bonchev–Trinajstić information content (AvgIpc) is 2.31. The van der Waals surface area contributed by atoms with Crippen molar-refractivity contribution < 1.29 is 8.42 Å². The van der Waals surface area contributed by atoms with Crippen LogP contribution in [0.5, 0.6) is 0 Å². The maximum atomic E-state index is 10.9. The highest BCUT2D eigenvalue weighted by molar-refractivity contribution is 7.90. The molecule has 1 heterocycles. The first-order valence-electron chi connectivity index (χ1n) is 3.57. The lowest BCUT2D eigenvalue weighted by molar-refractivity contribution is 0.595. The summed E-state index contributed by atoms with van der Waals surface area (Å²) in [5.74, 6) is -0.0379. The lowest BCUT2D eigenvalue weighted by Crippen LogP contribution is -2.19. The third kappa shape index (κ3) is 3.64. The summed E-state index contributed by atoms with van der Waals surface area (Å²) < 4.78 is 22.5. The summed E-state index contributed by atoms with van der Waals surface area (Å²) in [5, 5.41) is 0. The molecule has 1 atom stereocenters. The number of hydrogen-bond donors (Lipinski definition) is 1. The van der Waals surface area contributed by atoms with Gasteiger partial charge < -0.3 is 5.73 Å². The number of halogens is 1. The van der Waals surface area contributed by atoms with Crippen LogP contribution < -0.4 is 5.73 Å². The number of sulfone groups is 1. The first kappa shape index (κ1) is 11.0. The van der Waals surface area contributed by atoms with E-state index >= 15 is 0 Å². The Kier molecular flexibility index (Phi) is 3.34. The van der Waals surface area contributed by atoms with Gasteiger partial charge in [-0.3, -0.25) is 0 Å². The van der Waals surface area contributed by atoms with Crippen molar-refractivity contribution in [3.8, 4) is 0 Å². The zero-order valence-electron chi connectivity index (χ0n) is 7.03. The van der Waals surface area contributed by atoms with Crippen molar-refractivity contribution in [2.75, 3.05) is 12.0 Å². The zero-order valence-corrected chi connectivity index (χ0v) is 9.42. The fourth-order valence-electron chi connectivity index (χ4n) is 0.936. The predicted molar refractivity (Wildman–Crippen MR) is 56.0 cm³/mol. The molecule has 0 aliphatic carbocycles. The Morgan fingerprint density at radius 1 is 1.62 bits per heavy atom. The number of nitrogens with two attached hydrogens (primary N) is 1. The lowest BCUT2D eigenvalue weighted by Gasteiger charge is -2.06. The summed E-state index contributed by atoms with van der Waals surface area (Å²) in [6, 6.07) is 3.00. The summed E-state index contributed by atoms with van der Waals surface area (Å²) in [6.07, 6.45) is 1.17.